The molecule has 3 rings (SSSR count). The molecule has 134 valence electrons. The lowest BCUT2D eigenvalue weighted by Gasteiger charge is -2.10. The van der Waals surface area contributed by atoms with Crippen molar-refractivity contribution in [1.29, 1.82) is 0 Å². The minimum absolute atomic E-state index is 0.0344. The number of thioether (sulfide) groups is 1. The monoisotopic (exact) mass is 385 g/mol. The number of amides is 2. The first-order chi connectivity index (χ1) is 12.5. The molecular formula is C19H19N3O2S2. The summed E-state index contributed by atoms with van der Waals surface area (Å²) >= 11 is 3.04. The van der Waals surface area contributed by atoms with Crippen LogP contribution in [0, 0.1) is 0 Å². The summed E-state index contributed by atoms with van der Waals surface area (Å²) in [4.78, 5) is 30.0. The van der Waals surface area contributed by atoms with Crippen molar-refractivity contribution in [3.63, 3.8) is 0 Å². The van der Waals surface area contributed by atoms with E-state index in [9.17, 15) is 9.59 Å². The maximum atomic E-state index is 12.1. The Morgan fingerprint density at radius 3 is 2.54 bits per heavy atom. The van der Waals surface area contributed by atoms with Crippen molar-refractivity contribution in [2.75, 3.05) is 19.8 Å². The number of hydrogen-bond donors (Lipinski definition) is 1. The maximum absolute atomic E-state index is 12.1. The molecule has 0 aliphatic carbocycles. The van der Waals surface area contributed by atoms with Crippen LogP contribution in [0.2, 0.25) is 0 Å². The Morgan fingerprint density at radius 2 is 1.85 bits per heavy atom. The molecule has 1 aromatic heterocycles. The van der Waals surface area contributed by atoms with Crippen molar-refractivity contribution in [2.45, 2.75) is 10.9 Å². The van der Waals surface area contributed by atoms with Gasteiger partial charge in [0.2, 0.25) is 5.91 Å². The third kappa shape index (κ3) is 4.62. The van der Waals surface area contributed by atoms with Crippen LogP contribution in [-0.2, 0) is 11.3 Å². The second kappa shape index (κ2) is 8.33. The number of thiazole rings is 1. The van der Waals surface area contributed by atoms with Gasteiger partial charge in [-0.3, -0.25) is 9.59 Å². The van der Waals surface area contributed by atoms with Crippen LogP contribution in [0.4, 0.5) is 0 Å². The topological polar surface area (TPSA) is 62.3 Å². The zero-order valence-corrected chi connectivity index (χ0v) is 16.2. The van der Waals surface area contributed by atoms with E-state index in [0.29, 0.717) is 17.9 Å². The smallest absolute Gasteiger partial charge is 0.253 e. The number of nitrogens with zero attached hydrogens (tertiary/aromatic N) is 2. The molecule has 7 heteroatoms. The van der Waals surface area contributed by atoms with Gasteiger partial charge in [-0.2, -0.15) is 0 Å². The van der Waals surface area contributed by atoms with Crippen LogP contribution in [0.25, 0.3) is 10.2 Å². The fourth-order valence-electron chi connectivity index (χ4n) is 2.32. The number of fused-ring (bicyclic) bond motifs is 1. The van der Waals surface area contributed by atoms with Gasteiger partial charge in [0, 0.05) is 26.2 Å². The number of carbonyl (C=O) groups is 2. The highest BCUT2D eigenvalue weighted by Crippen LogP contribution is 2.29. The molecule has 0 unspecified atom stereocenters. The highest BCUT2D eigenvalue weighted by molar-refractivity contribution is 8.01. The first-order valence-electron chi connectivity index (χ1n) is 8.08. The van der Waals surface area contributed by atoms with E-state index >= 15 is 0 Å². The van der Waals surface area contributed by atoms with Crippen LogP contribution in [-0.4, -0.2) is 41.5 Å². The molecule has 0 aliphatic heterocycles. The second-order valence-corrected chi connectivity index (χ2v) is 8.16. The number of nitrogens with one attached hydrogen (secondary N) is 1. The zero-order chi connectivity index (χ0) is 18.5. The molecule has 2 aromatic carbocycles. The Kier molecular flexibility index (Phi) is 5.90. The summed E-state index contributed by atoms with van der Waals surface area (Å²) in [6.45, 7) is 0.440. The van der Waals surface area contributed by atoms with E-state index in [-0.39, 0.29) is 11.8 Å². The molecular weight excluding hydrogens is 366 g/mol. The van der Waals surface area contributed by atoms with Gasteiger partial charge in [0.15, 0.2) is 4.34 Å². The average molecular weight is 386 g/mol. The van der Waals surface area contributed by atoms with E-state index in [2.05, 4.69) is 10.3 Å². The van der Waals surface area contributed by atoms with E-state index in [1.54, 1.807) is 37.6 Å². The maximum Gasteiger partial charge on any atom is 0.253 e. The van der Waals surface area contributed by atoms with E-state index in [1.165, 1.54) is 16.7 Å². The molecule has 3 aromatic rings. The molecule has 0 aliphatic rings. The van der Waals surface area contributed by atoms with E-state index in [0.717, 1.165) is 20.1 Å². The third-order valence-corrected chi connectivity index (χ3v) is 5.88. The summed E-state index contributed by atoms with van der Waals surface area (Å²) in [5.41, 5.74) is 2.56. The second-order valence-electron chi connectivity index (χ2n) is 5.91. The molecule has 2 amide bonds. The van der Waals surface area contributed by atoms with Gasteiger partial charge in [-0.05, 0) is 29.8 Å². The van der Waals surface area contributed by atoms with Gasteiger partial charge in [-0.25, -0.2) is 4.98 Å². The van der Waals surface area contributed by atoms with E-state index < -0.39 is 0 Å². The largest absolute Gasteiger partial charge is 0.351 e. The highest BCUT2D eigenvalue weighted by atomic mass is 32.2. The van der Waals surface area contributed by atoms with Crippen LogP contribution in [0.15, 0.2) is 52.9 Å². The van der Waals surface area contributed by atoms with Gasteiger partial charge in [-0.15, -0.1) is 11.3 Å². The summed E-state index contributed by atoms with van der Waals surface area (Å²) in [5.74, 6) is 0.257. The van der Waals surface area contributed by atoms with Crippen molar-refractivity contribution in [3.05, 3.63) is 59.7 Å². The lowest BCUT2D eigenvalue weighted by molar-refractivity contribution is -0.118. The van der Waals surface area contributed by atoms with Crippen molar-refractivity contribution in [2.24, 2.45) is 0 Å². The van der Waals surface area contributed by atoms with Crippen LogP contribution in [0.3, 0.4) is 0 Å². The van der Waals surface area contributed by atoms with Gasteiger partial charge in [-0.1, -0.05) is 36.0 Å². The molecule has 0 atom stereocenters. The molecule has 1 N–H and O–H groups in total. The Labute approximate surface area is 160 Å². The van der Waals surface area contributed by atoms with E-state index in [1.807, 2.05) is 36.4 Å². The van der Waals surface area contributed by atoms with E-state index in [4.69, 9.17) is 0 Å². The third-order valence-electron chi connectivity index (χ3n) is 3.70. The Bertz CT molecular complexity index is 887. The van der Waals surface area contributed by atoms with Gasteiger partial charge in [0.05, 0.1) is 16.0 Å². The number of para-hydroxylation sites is 1. The van der Waals surface area contributed by atoms with Gasteiger partial charge >= 0.3 is 0 Å². The summed E-state index contributed by atoms with van der Waals surface area (Å²) in [6.07, 6.45) is 0. The SMILES string of the molecule is CN(C)C(=O)c1ccc(CNC(=O)CSc2nc3ccccc3s2)cc1. The summed E-state index contributed by atoms with van der Waals surface area (Å²) in [7, 11) is 3.44. The fraction of sp³-hybridized carbons (Fsp3) is 0.211. The van der Waals surface area contributed by atoms with Gasteiger partial charge in [0.25, 0.3) is 5.91 Å². The number of carbonyl (C=O) groups excluding carboxylic acids is 2. The number of rotatable bonds is 6. The lowest BCUT2D eigenvalue weighted by atomic mass is 10.1. The number of aromatic nitrogens is 1. The predicted octanol–water partition coefficient (Wildman–Crippen LogP) is 3.41. The van der Waals surface area contributed by atoms with Crippen molar-refractivity contribution in [1.82, 2.24) is 15.2 Å². The highest BCUT2D eigenvalue weighted by Gasteiger charge is 2.09. The first kappa shape index (κ1) is 18.4. The Hall–Kier alpha value is -2.38. The Balaban J connectivity index is 1.48. The van der Waals surface area contributed by atoms with Crippen LogP contribution < -0.4 is 5.32 Å². The molecule has 5 nitrogen and oxygen atoms in total. The van der Waals surface area contributed by atoms with Crippen molar-refractivity contribution in [3.8, 4) is 0 Å². The molecule has 0 bridgehead atoms. The van der Waals surface area contributed by atoms with Crippen molar-refractivity contribution >= 4 is 45.1 Å². The molecule has 1 heterocycles. The molecule has 0 fully saturated rings. The summed E-state index contributed by atoms with van der Waals surface area (Å²) in [6, 6.07) is 15.2. The number of hydrogen-bond acceptors (Lipinski definition) is 5. The Morgan fingerprint density at radius 1 is 1.12 bits per heavy atom. The predicted molar refractivity (Wildman–Crippen MR) is 107 cm³/mol. The zero-order valence-electron chi connectivity index (χ0n) is 14.6. The van der Waals surface area contributed by atoms with Crippen LogP contribution >= 0.6 is 23.1 Å². The summed E-state index contributed by atoms with van der Waals surface area (Å²) in [5, 5.41) is 2.90. The molecule has 0 radical (unpaired) electrons. The minimum atomic E-state index is -0.0392. The van der Waals surface area contributed by atoms with Crippen molar-refractivity contribution < 1.29 is 9.59 Å². The minimum Gasteiger partial charge on any atom is -0.351 e. The summed E-state index contributed by atoms with van der Waals surface area (Å²) < 4.78 is 2.02. The molecule has 0 saturated heterocycles. The van der Waals surface area contributed by atoms with Crippen LogP contribution in [0.5, 0.6) is 0 Å². The quantitative estimate of drug-likeness (QED) is 0.661. The normalized spacial score (nSPS) is 10.7. The fourth-order valence-corrected chi connectivity index (χ4v) is 4.21. The lowest BCUT2D eigenvalue weighted by Crippen LogP contribution is -2.24. The standard InChI is InChI=1S/C19H19N3O2S2/c1-22(2)18(24)14-9-7-13(8-10-14)11-20-17(23)12-25-19-21-15-5-3-4-6-16(15)26-19/h3-10H,11-12H2,1-2H3,(H,20,23). The molecule has 26 heavy (non-hydrogen) atoms. The first-order valence-corrected chi connectivity index (χ1v) is 9.89. The number of benzene rings is 2. The van der Waals surface area contributed by atoms with Gasteiger partial charge in [0.1, 0.15) is 0 Å². The molecule has 0 saturated carbocycles. The van der Waals surface area contributed by atoms with Crippen LogP contribution in [0.1, 0.15) is 15.9 Å². The van der Waals surface area contributed by atoms with Gasteiger partial charge < -0.3 is 10.2 Å². The molecule has 0 spiro atoms. The average Bonchev–Trinajstić information content (AvgIpc) is 3.07.